The molecular formula is C14H14N2O5. The maximum absolute atomic E-state index is 11.1. The number of hydrogen-bond donors (Lipinski definition) is 4. The number of carbonyl (C=O) groups is 3. The second-order valence-corrected chi connectivity index (χ2v) is 4.09. The van der Waals surface area contributed by atoms with Crippen LogP contribution in [0.15, 0.2) is 24.3 Å². The first-order valence-electron chi connectivity index (χ1n) is 5.82. The summed E-state index contributed by atoms with van der Waals surface area (Å²) in [4.78, 5) is 32.2. The van der Waals surface area contributed by atoms with E-state index in [4.69, 9.17) is 15.9 Å². The molecule has 0 saturated carbocycles. The normalized spacial score (nSPS) is 10.9. The van der Waals surface area contributed by atoms with E-state index >= 15 is 0 Å². The SMILES string of the molecule is CC(=O)Nc1cc(N)c(/C=C/C(=O)O)cc1/C=C/C(=O)O. The van der Waals surface area contributed by atoms with E-state index in [1.165, 1.54) is 31.2 Å². The number of amides is 1. The van der Waals surface area contributed by atoms with E-state index in [0.29, 0.717) is 16.8 Å². The first kappa shape index (κ1) is 16.0. The van der Waals surface area contributed by atoms with Crippen LogP contribution in [-0.2, 0) is 14.4 Å². The quantitative estimate of drug-likeness (QED) is 0.479. The van der Waals surface area contributed by atoms with Crippen LogP contribution in [0.3, 0.4) is 0 Å². The third-order valence-corrected chi connectivity index (χ3v) is 2.38. The minimum atomic E-state index is -1.15. The van der Waals surface area contributed by atoms with Crippen molar-refractivity contribution in [2.75, 3.05) is 11.1 Å². The zero-order valence-corrected chi connectivity index (χ0v) is 11.2. The van der Waals surface area contributed by atoms with Crippen molar-refractivity contribution in [2.24, 2.45) is 0 Å². The smallest absolute Gasteiger partial charge is 0.328 e. The molecule has 0 bridgehead atoms. The maximum Gasteiger partial charge on any atom is 0.328 e. The Kier molecular flexibility index (Phi) is 5.24. The number of nitrogens with two attached hydrogens (primary N) is 1. The molecule has 0 aliphatic heterocycles. The lowest BCUT2D eigenvalue weighted by Crippen LogP contribution is -2.08. The molecule has 7 nitrogen and oxygen atoms in total. The average molecular weight is 290 g/mol. The van der Waals surface area contributed by atoms with Crippen molar-refractivity contribution in [1.82, 2.24) is 0 Å². The van der Waals surface area contributed by atoms with E-state index in [-0.39, 0.29) is 11.6 Å². The molecule has 21 heavy (non-hydrogen) atoms. The predicted octanol–water partition coefficient (Wildman–Crippen LogP) is 1.42. The predicted molar refractivity (Wildman–Crippen MR) is 78.5 cm³/mol. The summed E-state index contributed by atoms with van der Waals surface area (Å²) in [5.41, 5.74) is 7.16. The number of nitrogens with one attached hydrogen (secondary N) is 1. The van der Waals surface area contributed by atoms with E-state index in [1.54, 1.807) is 0 Å². The molecule has 0 heterocycles. The van der Waals surface area contributed by atoms with E-state index in [2.05, 4.69) is 5.32 Å². The molecule has 1 aromatic rings. The number of benzene rings is 1. The maximum atomic E-state index is 11.1. The molecule has 0 spiro atoms. The van der Waals surface area contributed by atoms with Crippen LogP contribution in [0, 0.1) is 0 Å². The van der Waals surface area contributed by atoms with Crippen LogP contribution in [0.25, 0.3) is 12.2 Å². The van der Waals surface area contributed by atoms with Crippen LogP contribution in [0.4, 0.5) is 11.4 Å². The molecule has 0 fully saturated rings. The zero-order valence-electron chi connectivity index (χ0n) is 11.2. The van der Waals surface area contributed by atoms with Gasteiger partial charge in [0.2, 0.25) is 5.91 Å². The lowest BCUT2D eigenvalue weighted by atomic mass is 10.0. The molecule has 7 heteroatoms. The van der Waals surface area contributed by atoms with Gasteiger partial charge in [-0.3, -0.25) is 4.79 Å². The fourth-order valence-corrected chi connectivity index (χ4v) is 1.55. The van der Waals surface area contributed by atoms with Crippen LogP contribution < -0.4 is 11.1 Å². The highest BCUT2D eigenvalue weighted by Gasteiger charge is 2.07. The van der Waals surface area contributed by atoms with Gasteiger partial charge in [0.25, 0.3) is 0 Å². The van der Waals surface area contributed by atoms with Gasteiger partial charge in [-0.2, -0.15) is 0 Å². The van der Waals surface area contributed by atoms with Gasteiger partial charge in [0, 0.05) is 24.8 Å². The van der Waals surface area contributed by atoms with Gasteiger partial charge in [0.1, 0.15) is 0 Å². The number of carbonyl (C=O) groups excluding carboxylic acids is 1. The molecule has 1 aromatic carbocycles. The molecule has 110 valence electrons. The Morgan fingerprint density at radius 3 is 2.05 bits per heavy atom. The molecule has 0 radical (unpaired) electrons. The summed E-state index contributed by atoms with van der Waals surface area (Å²) in [6.45, 7) is 1.30. The minimum Gasteiger partial charge on any atom is -0.478 e. The van der Waals surface area contributed by atoms with Crippen LogP contribution in [0.2, 0.25) is 0 Å². The molecule has 5 N–H and O–H groups in total. The number of hydrogen-bond acceptors (Lipinski definition) is 4. The average Bonchev–Trinajstić information content (AvgIpc) is 2.35. The Morgan fingerprint density at radius 2 is 1.57 bits per heavy atom. The second-order valence-electron chi connectivity index (χ2n) is 4.09. The summed E-state index contributed by atoms with van der Waals surface area (Å²) in [6.07, 6.45) is 4.38. The summed E-state index contributed by atoms with van der Waals surface area (Å²) < 4.78 is 0. The van der Waals surface area contributed by atoms with Crippen molar-refractivity contribution in [3.8, 4) is 0 Å². The zero-order chi connectivity index (χ0) is 16.0. The van der Waals surface area contributed by atoms with Gasteiger partial charge in [0.15, 0.2) is 0 Å². The Hall–Kier alpha value is -3.09. The highest BCUT2D eigenvalue weighted by molar-refractivity contribution is 5.95. The van der Waals surface area contributed by atoms with Gasteiger partial charge < -0.3 is 21.3 Å². The number of nitrogen functional groups attached to an aromatic ring is 1. The third kappa shape index (κ3) is 5.19. The Morgan fingerprint density at radius 1 is 1.05 bits per heavy atom. The Bertz CT molecular complexity index is 647. The summed E-state index contributed by atoms with van der Waals surface area (Å²) in [7, 11) is 0. The van der Waals surface area contributed by atoms with Crippen molar-refractivity contribution in [1.29, 1.82) is 0 Å². The van der Waals surface area contributed by atoms with Crippen LogP contribution >= 0.6 is 0 Å². The highest BCUT2D eigenvalue weighted by atomic mass is 16.4. The molecule has 0 aliphatic rings. The standard InChI is InChI=1S/C14H14N2O5/c1-8(17)16-12-7-11(15)9(2-4-13(18)19)6-10(12)3-5-14(20)21/h2-7H,15H2,1H3,(H,16,17)(H,18,19)(H,20,21)/b4-2+,5-3+. The number of rotatable bonds is 5. The van der Waals surface area contributed by atoms with E-state index in [1.807, 2.05) is 0 Å². The molecule has 1 rings (SSSR count). The van der Waals surface area contributed by atoms with Crippen molar-refractivity contribution in [2.45, 2.75) is 6.92 Å². The molecule has 0 aliphatic carbocycles. The number of anilines is 2. The number of carboxylic acid groups (broad SMARTS) is 2. The largest absolute Gasteiger partial charge is 0.478 e. The van der Waals surface area contributed by atoms with Crippen molar-refractivity contribution in [3.05, 3.63) is 35.4 Å². The first-order valence-corrected chi connectivity index (χ1v) is 5.82. The van der Waals surface area contributed by atoms with Crippen LogP contribution in [-0.4, -0.2) is 28.1 Å². The monoisotopic (exact) mass is 290 g/mol. The van der Waals surface area contributed by atoms with Gasteiger partial charge in [-0.1, -0.05) is 0 Å². The van der Waals surface area contributed by atoms with Crippen molar-refractivity contribution in [3.63, 3.8) is 0 Å². The molecular weight excluding hydrogens is 276 g/mol. The molecule has 0 atom stereocenters. The molecule has 0 aromatic heterocycles. The Balaban J connectivity index is 3.32. The van der Waals surface area contributed by atoms with Crippen LogP contribution in [0.5, 0.6) is 0 Å². The number of aliphatic carboxylic acids is 2. The summed E-state index contributed by atoms with van der Waals surface area (Å²) in [6, 6.07) is 2.92. The lowest BCUT2D eigenvalue weighted by Gasteiger charge is -2.10. The first-order chi connectivity index (χ1) is 9.79. The minimum absolute atomic E-state index is 0.253. The molecule has 0 unspecified atom stereocenters. The highest BCUT2D eigenvalue weighted by Crippen LogP contribution is 2.26. The van der Waals surface area contributed by atoms with Crippen molar-refractivity contribution >= 4 is 41.4 Å². The summed E-state index contributed by atoms with van der Waals surface area (Å²) in [5, 5.41) is 19.8. The fraction of sp³-hybridized carbons (Fsp3) is 0.0714. The fourth-order valence-electron chi connectivity index (χ4n) is 1.55. The van der Waals surface area contributed by atoms with Gasteiger partial charge in [-0.15, -0.1) is 0 Å². The van der Waals surface area contributed by atoms with E-state index in [0.717, 1.165) is 12.2 Å². The van der Waals surface area contributed by atoms with Gasteiger partial charge in [-0.25, -0.2) is 9.59 Å². The van der Waals surface area contributed by atoms with E-state index < -0.39 is 11.9 Å². The van der Waals surface area contributed by atoms with E-state index in [9.17, 15) is 14.4 Å². The third-order valence-electron chi connectivity index (χ3n) is 2.38. The van der Waals surface area contributed by atoms with Gasteiger partial charge in [0.05, 0.1) is 5.69 Å². The summed E-state index contributed by atoms with van der Waals surface area (Å²) in [5.74, 6) is -2.63. The summed E-state index contributed by atoms with van der Waals surface area (Å²) >= 11 is 0. The molecule has 1 amide bonds. The Labute approximate surface area is 120 Å². The lowest BCUT2D eigenvalue weighted by molar-refractivity contribution is -0.132. The van der Waals surface area contributed by atoms with Crippen LogP contribution in [0.1, 0.15) is 18.1 Å². The second kappa shape index (κ2) is 6.90. The number of carboxylic acids is 2. The molecule has 0 saturated heterocycles. The topological polar surface area (TPSA) is 130 Å². The van der Waals surface area contributed by atoms with Crippen molar-refractivity contribution < 1.29 is 24.6 Å². The van der Waals surface area contributed by atoms with Gasteiger partial charge in [-0.05, 0) is 35.4 Å². The van der Waals surface area contributed by atoms with Gasteiger partial charge >= 0.3 is 11.9 Å².